The smallest absolute Gasteiger partial charge is 0.336 e. The molecule has 1 N–H and O–H groups in total. The van der Waals surface area contributed by atoms with Gasteiger partial charge in [0.15, 0.2) is 0 Å². The average Bonchev–Trinajstić information content (AvgIpc) is 2.78. The van der Waals surface area contributed by atoms with Crippen molar-refractivity contribution in [3.63, 3.8) is 0 Å². The van der Waals surface area contributed by atoms with Crippen molar-refractivity contribution in [2.75, 3.05) is 20.2 Å². The molecule has 0 bridgehead atoms. The molecular formula is C22H21ClN2O5S. The molecule has 0 spiro atoms. The Labute approximate surface area is 185 Å². The van der Waals surface area contributed by atoms with Crippen LogP contribution >= 0.6 is 11.6 Å². The number of fused-ring (bicyclic) bond motifs is 1. The maximum atomic E-state index is 13.0. The lowest BCUT2D eigenvalue weighted by Gasteiger charge is -2.26. The van der Waals surface area contributed by atoms with E-state index in [4.69, 9.17) is 16.3 Å². The highest BCUT2D eigenvalue weighted by Crippen LogP contribution is 2.32. The van der Waals surface area contributed by atoms with Gasteiger partial charge in [0.25, 0.3) is 0 Å². The van der Waals surface area contributed by atoms with E-state index in [2.05, 4.69) is 4.98 Å². The van der Waals surface area contributed by atoms with Gasteiger partial charge in [-0.15, -0.1) is 0 Å². The number of ether oxygens (including phenoxy) is 1. The Morgan fingerprint density at radius 3 is 2.48 bits per heavy atom. The first-order valence-corrected chi connectivity index (χ1v) is 11.7. The molecule has 31 heavy (non-hydrogen) atoms. The number of piperidine rings is 1. The molecule has 3 aromatic rings. The highest BCUT2D eigenvalue weighted by molar-refractivity contribution is 7.89. The summed E-state index contributed by atoms with van der Waals surface area (Å²) in [5.41, 5.74) is 1.41. The van der Waals surface area contributed by atoms with E-state index in [-0.39, 0.29) is 15.8 Å². The number of halogens is 1. The number of sulfonamides is 1. The van der Waals surface area contributed by atoms with Crippen LogP contribution in [-0.4, -0.2) is 49.0 Å². The fraction of sp³-hybridized carbons (Fsp3) is 0.273. The van der Waals surface area contributed by atoms with Gasteiger partial charge >= 0.3 is 5.97 Å². The minimum Gasteiger partial charge on any atom is -0.495 e. The number of pyridine rings is 1. The number of nitrogens with zero attached hydrogens (tertiary/aromatic N) is 2. The number of carboxylic acid groups (broad SMARTS) is 1. The van der Waals surface area contributed by atoms with Gasteiger partial charge in [-0.05, 0) is 55.3 Å². The van der Waals surface area contributed by atoms with Crippen molar-refractivity contribution in [3.8, 4) is 17.0 Å². The van der Waals surface area contributed by atoms with E-state index in [0.29, 0.717) is 40.6 Å². The van der Waals surface area contributed by atoms with Crippen LogP contribution in [0.2, 0.25) is 5.02 Å². The summed E-state index contributed by atoms with van der Waals surface area (Å²) < 4.78 is 32.7. The molecule has 0 unspecified atom stereocenters. The Hall–Kier alpha value is -2.68. The summed E-state index contributed by atoms with van der Waals surface area (Å²) in [6.07, 6.45) is 2.65. The maximum Gasteiger partial charge on any atom is 0.336 e. The number of carbonyl (C=O) groups is 1. The molecule has 7 nitrogen and oxygen atoms in total. The molecule has 2 heterocycles. The third-order valence-corrected chi connectivity index (χ3v) is 7.60. The Kier molecular flexibility index (Phi) is 5.88. The number of benzene rings is 2. The summed E-state index contributed by atoms with van der Waals surface area (Å²) in [5.74, 6) is -0.669. The van der Waals surface area contributed by atoms with E-state index in [1.807, 2.05) is 0 Å². The Morgan fingerprint density at radius 2 is 1.84 bits per heavy atom. The van der Waals surface area contributed by atoms with Crippen LogP contribution in [0.1, 0.15) is 29.6 Å². The van der Waals surface area contributed by atoms with E-state index in [1.165, 1.54) is 29.6 Å². The summed E-state index contributed by atoms with van der Waals surface area (Å²) in [5, 5.41) is 10.4. The zero-order valence-electron chi connectivity index (χ0n) is 16.8. The SMILES string of the molecule is COc1ccc(-c2cc(C(=O)O)c3cc(S(=O)(=O)N4CCCCC4)ccc3n2)cc1Cl. The molecular weight excluding hydrogens is 440 g/mol. The molecule has 0 radical (unpaired) electrons. The highest BCUT2D eigenvalue weighted by Gasteiger charge is 2.27. The van der Waals surface area contributed by atoms with Crippen LogP contribution in [-0.2, 0) is 10.0 Å². The number of aromatic carboxylic acids is 1. The highest BCUT2D eigenvalue weighted by atomic mass is 35.5. The summed E-state index contributed by atoms with van der Waals surface area (Å²) in [7, 11) is -2.18. The molecule has 1 fully saturated rings. The minimum atomic E-state index is -3.69. The molecule has 4 rings (SSSR count). The van der Waals surface area contributed by atoms with Crippen molar-refractivity contribution in [1.29, 1.82) is 0 Å². The van der Waals surface area contributed by atoms with E-state index in [9.17, 15) is 18.3 Å². The molecule has 0 atom stereocenters. The Morgan fingerprint density at radius 1 is 1.10 bits per heavy atom. The van der Waals surface area contributed by atoms with Crippen LogP contribution in [0.3, 0.4) is 0 Å². The molecule has 1 aliphatic rings. The average molecular weight is 461 g/mol. The number of rotatable bonds is 5. The van der Waals surface area contributed by atoms with Gasteiger partial charge in [-0.25, -0.2) is 18.2 Å². The lowest BCUT2D eigenvalue weighted by atomic mass is 10.0. The van der Waals surface area contributed by atoms with Crippen LogP contribution in [0.5, 0.6) is 5.75 Å². The fourth-order valence-electron chi connectivity index (χ4n) is 3.77. The van der Waals surface area contributed by atoms with Crippen LogP contribution in [0, 0.1) is 0 Å². The topological polar surface area (TPSA) is 96.8 Å². The van der Waals surface area contributed by atoms with Crippen molar-refractivity contribution in [2.45, 2.75) is 24.2 Å². The van der Waals surface area contributed by atoms with Crippen LogP contribution < -0.4 is 4.74 Å². The lowest BCUT2D eigenvalue weighted by Crippen LogP contribution is -2.35. The third-order valence-electron chi connectivity index (χ3n) is 5.41. The molecule has 0 saturated carbocycles. The Bertz CT molecular complexity index is 1270. The molecule has 0 aliphatic carbocycles. The predicted molar refractivity (Wildman–Crippen MR) is 118 cm³/mol. The van der Waals surface area contributed by atoms with Gasteiger partial charge < -0.3 is 9.84 Å². The van der Waals surface area contributed by atoms with E-state index < -0.39 is 16.0 Å². The standard InChI is InChI=1S/C22H21ClN2O5S/c1-30-21-8-5-14(11-18(21)23)20-13-17(22(26)27)16-12-15(6-7-19(16)24-20)31(28,29)25-9-3-2-4-10-25/h5-8,11-13H,2-4,9-10H2,1H3,(H,26,27). The van der Waals surface area contributed by atoms with Crippen molar-refractivity contribution < 1.29 is 23.1 Å². The molecule has 1 saturated heterocycles. The third kappa shape index (κ3) is 4.11. The number of aromatic nitrogens is 1. The van der Waals surface area contributed by atoms with Crippen molar-refractivity contribution in [1.82, 2.24) is 9.29 Å². The Balaban J connectivity index is 1.83. The van der Waals surface area contributed by atoms with Crippen molar-refractivity contribution >= 4 is 38.5 Å². The number of carboxylic acids is 1. The van der Waals surface area contributed by atoms with Gasteiger partial charge in [0.1, 0.15) is 5.75 Å². The second kappa shape index (κ2) is 8.45. The van der Waals surface area contributed by atoms with Crippen molar-refractivity contribution in [3.05, 3.63) is 53.1 Å². The molecule has 162 valence electrons. The van der Waals surface area contributed by atoms with E-state index in [0.717, 1.165) is 19.3 Å². The number of methoxy groups -OCH3 is 1. The summed E-state index contributed by atoms with van der Waals surface area (Å²) in [4.78, 5) is 16.6. The first-order chi connectivity index (χ1) is 14.8. The van der Waals surface area contributed by atoms with Gasteiger partial charge in [-0.2, -0.15) is 4.31 Å². The van der Waals surface area contributed by atoms with Gasteiger partial charge in [-0.1, -0.05) is 18.0 Å². The zero-order chi connectivity index (χ0) is 22.2. The molecule has 1 aliphatic heterocycles. The second-order valence-electron chi connectivity index (χ2n) is 7.35. The van der Waals surface area contributed by atoms with Crippen LogP contribution in [0.4, 0.5) is 0 Å². The monoisotopic (exact) mass is 460 g/mol. The van der Waals surface area contributed by atoms with Gasteiger partial charge in [0.2, 0.25) is 10.0 Å². The summed E-state index contributed by atoms with van der Waals surface area (Å²) in [6.45, 7) is 0.948. The first kappa shape index (κ1) is 21.5. The van der Waals surface area contributed by atoms with Gasteiger partial charge in [0, 0.05) is 24.0 Å². The maximum absolute atomic E-state index is 13.0. The normalized spacial score (nSPS) is 15.2. The predicted octanol–water partition coefficient (Wildman–Crippen LogP) is 4.44. The zero-order valence-corrected chi connectivity index (χ0v) is 18.4. The molecule has 1 aromatic heterocycles. The largest absolute Gasteiger partial charge is 0.495 e. The van der Waals surface area contributed by atoms with Crippen molar-refractivity contribution in [2.24, 2.45) is 0 Å². The fourth-order valence-corrected chi connectivity index (χ4v) is 5.57. The van der Waals surface area contributed by atoms with Gasteiger partial charge in [-0.3, -0.25) is 0 Å². The number of hydrogen-bond donors (Lipinski definition) is 1. The van der Waals surface area contributed by atoms with Crippen LogP contribution in [0.15, 0.2) is 47.4 Å². The van der Waals surface area contributed by atoms with E-state index >= 15 is 0 Å². The lowest BCUT2D eigenvalue weighted by molar-refractivity contribution is 0.0699. The number of hydrogen-bond acceptors (Lipinski definition) is 5. The second-order valence-corrected chi connectivity index (χ2v) is 9.70. The first-order valence-electron chi connectivity index (χ1n) is 9.83. The summed E-state index contributed by atoms with van der Waals surface area (Å²) in [6, 6.07) is 10.9. The quantitative estimate of drug-likeness (QED) is 0.604. The summed E-state index contributed by atoms with van der Waals surface area (Å²) >= 11 is 6.20. The van der Waals surface area contributed by atoms with Gasteiger partial charge in [0.05, 0.1) is 33.8 Å². The molecule has 2 aromatic carbocycles. The van der Waals surface area contributed by atoms with Crippen LogP contribution in [0.25, 0.3) is 22.2 Å². The minimum absolute atomic E-state index is 0.0253. The molecule has 0 amide bonds. The van der Waals surface area contributed by atoms with E-state index in [1.54, 1.807) is 24.3 Å². The molecule has 9 heteroatoms.